The van der Waals surface area contributed by atoms with Crippen LogP contribution in [0.1, 0.15) is 50.7 Å². The molecule has 4 atom stereocenters. The highest BCUT2D eigenvalue weighted by molar-refractivity contribution is 7.99. The monoisotopic (exact) mass is 351 g/mol. The van der Waals surface area contributed by atoms with Crippen molar-refractivity contribution < 1.29 is 14.6 Å². The van der Waals surface area contributed by atoms with Crippen LogP contribution in [0, 0.1) is 11.8 Å². The molecular formula is C19H29NO3S. The average molecular weight is 352 g/mol. The van der Waals surface area contributed by atoms with Crippen LogP contribution in [-0.2, 0) is 6.54 Å². The summed E-state index contributed by atoms with van der Waals surface area (Å²) >= 11 is 1.91. The highest BCUT2D eigenvalue weighted by Crippen LogP contribution is 2.38. The summed E-state index contributed by atoms with van der Waals surface area (Å²) in [5, 5.41) is 21.5. The van der Waals surface area contributed by atoms with E-state index in [1.165, 1.54) is 32.1 Å². The van der Waals surface area contributed by atoms with E-state index in [0.29, 0.717) is 11.8 Å². The van der Waals surface area contributed by atoms with Gasteiger partial charge in [0.15, 0.2) is 5.09 Å². The van der Waals surface area contributed by atoms with Crippen molar-refractivity contribution in [2.45, 2.75) is 74.0 Å². The summed E-state index contributed by atoms with van der Waals surface area (Å²) in [5.41, 5.74) is 0. The lowest BCUT2D eigenvalue weighted by molar-refractivity contribution is -0.0372. The van der Waals surface area contributed by atoms with E-state index in [4.69, 9.17) is 4.42 Å². The molecule has 1 aromatic rings. The Morgan fingerprint density at radius 3 is 2.33 bits per heavy atom. The van der Waals surface area contributed by atoms with Gasteiger partial charge >= 0.3 is 0 Å². The predicted octanol–water partition coefficient (Wildman–Crippen LogP) is 3.27. The number of hydrogen-bond acceptors (Lipinski definition) is 5. The second kappa shape index (κ2) is 7.40. The predicted molar refractivity (Wildman–Crippen MR) is 94.9 cm³/mol. The van der Waals surface area contributed by atoms with Crippen LogP contribution in [0.3, 0.4) is 0 Å². The maximum absolute atomic E-state index is 9.87. The number of fused-ring (bicyclic) bond motifs is 1. The first-order valence-corrected chi connectivity index (χ1v) is 10.4. The van der Waals surface area contributed by atoms with E-state index in [-0.39, 0.29) is 0 Å². The number of likely N-dealkylation sites (tertiary alicyclic amines) is 1. The Bertz CT molecular complexity index is 524. The van der Waals surface area contributed by atoms with Gasteiger partial charge in [-0.2, -0.15) is 0 Å². The van der Waals surface area contributed by atoms with Crippen molar-refractivity contribution in [3.8, 4) is 0 Å². The topological polar surface area (TPSA) is 56.8 Å². The van der Waals surface area contributed by atoms with Gasteiger partial charge in [-0.3, -0.25) is 4.90 Å². The van der Waals surface area contributed by atoms with Crippen LogP contribution >= 0.6 is 11.8 Å². The minimum Gasteiger partial charge on any atom is -0.454 e. The van der Waals surface area contributed by atoms with Gasteiger partial charge in [-0.25, -0.2) is 0 Å². The molecule has 5 heteroatoms. The lowest BCUT2D eigenvalue weighted by Crippen LogP contribution is -2.38. The molecule has 0 aromatic carbocycles. The lowest BCUT2D eigenvalue weighted by atomic mass is 9.79. The fraction of sp³-hybridized carbons (Fsp3) is 0.789. The molecule has 0 amide bonds. The maximum Gasteiger partial charge on any atom is 0.160 e. The van der Waals surface area contributed by atoms with E-state index >= 15 is 0 Å². The molecule has 2 saturated carbocycles. The zero-order chi connectivity index (χ0) is 16.5. The molecular weight excluding hydrogens is 322 g/mol. The third kappa shape index (κ3) is 3.85. The molecule has 2 heterocycles. The highest BCUT2D eigenvalue weighted by atomic mass is 32.2. The molecule has 4 nitrogen and oxygen atoms in total. The van der Waals surface area contributed by atoms with Crippen LogP contribution in [0.5, 0.6) is 0 Å². The summed E-state index contributed by atoms with van der Waals surface area (Å²) in [7, 11) is 0. The quantitative estimate of drug-likeness (QED) is 0.872. The van der Waals surface area contributed by atoms with E-state index in [9.17, 15) is 10.2 Å². The van der Waals surface area contributed by atoms with E-state index in [0.717, 1.165) is 48.6 Å². The normalized spacial score (nSPS) is 35.2. The van der Waals surface area contributed by atoms with Gasteiger partial charge < -0.3 is 14.6 Å². The van der Waals surface area contributed by atoms with Crippen LogP contribution in [0.15, 0.2) is 21.6 Å². The summed E-state index contributed by atoms with van der Waals surface area (Å²) in [5.74, 6) is 2.09. The van der Waals surface area contributed by atoms with Crippen molar-refractivity contribution in [3.05, 3.63) is 17.9 Å². The van der Waals surface area contributed by atoms with Crippen LogP contribution in [0.25, 0.3) is 0 Å². The van der Waals surface area contributed by atoms with Gasteiger partial charge in [0.2, 0.25) is 0 Å². The zero-order valence-electron chi connectivity index (χ0n) is 14.3. The largest absolute Gasteiger partial charge is 0.454 e. The molecule has 134 valence electrons. The number of furan rings is 1. The molecule has 1 aliphatic heterocycles. The van der Waals surface area contributed by atoms with Gasteiger partial charge in [0.05, 0.1) is 18.8 Å². The standard InChI is InChI=1S/C19H29NO3S/c21-17-8-13-10-20(11-14(13)9-18(17)22)12-15-6-7-19(23-15)24-16-4-2-1-3-5-16/h6-7,13-14,16-18,21-22H,1-5,8-12H2/t13-,14+,17+,18-. The Labute approximate surface area is 148 Å². The number of thioether (sulfide) groups is 1. The first kappa shape index (κ1) is 17.0. The van der Waals surface area contributed by atoms with Gasteiger partial charge in [0.25, 0.3) is 0 Å². The first-order valence-electron chi connectivity index (χ1n) is 9.51. The lowest BCUT2D eigenvalue weighted by Gasteiger charge is -2.32. The van der Waals surface area contributed by atoms with Crippen molar-refractivity contribution in [2.24, 2.45) is 11.8 Å². The van der Waals surface area contributed by atoms with Gasteiger partial charge in [0.1, 0.15) is 5.76 Å². The Morgan fingerprint density at radius 2 is 1.67 bits per heavy atom. The smallest absolute Gasteiger partial charge is 0.160 e. The second-order valence-electron chi connectivity index (χ2n) is 7.92. The molecule has 0 bridgehead atoms. The van der Waals surface area contributed by atoms with E-state index < -0.39 is 12.2 Å². The Morgan fingerprint density at radius 1 is 1.00 bits per heavy atom. The molecule has 3 aliphatic rings. The van der Waals surface area contributed by atoms with Gasteiger partial charge in [-0.05, 0) is 49.7 Å². The molecule has 4 rings (SSSR count). The third-order valence-corrected chi connectivity index (χ3v) is 7.29. The fourth-order valence-corrected chi connectivity index (χ4v) is 5.91. The van der Waals surface area contributed by atoms with Crippen LogP contribution in [0.2, 0.25) is 0 Å². The summed E-state index contributed by atoms with van der Waals surface area (Å²) in [4.78, 5) is 2.42. The summed E-state index contributed by atoms with van der Waals surface area (Å²) < 4.78 is 6.07. The van der Waals surface area contributed by atoms with Crippen molar-refractivity contribution in [1.29, 1.82) is 0 Å². The average Bonchev–Trinajstić information content (AvgIpc) is 3.15. The van der Waals surface area contributed by atoms with Crippen LogP contribution in [0.4, 0.5) is 0 Å². The molecule has 1 saturated heterocycles. The Balaban J connectivity index is 1.30. The molecule has 0 unspecified atom stereocenters. The molecule has 1 aromatic heterocycles. The number of aliphatic hydroxyl groups excluding tert-OH is 2. The van der Waals surface area contributed by atoms with E-state index in [2.05, 4.69) is 17.0 Å². The van der Waals surface area contributed by atoms with E-state index in [1.54, 1.807) is 0 Å². The van der Waals surface area contributed by atoms with Gasteiger partial charge in [-0.1, -0.05) is 31.0 Å². The van der Waals surface area contributed by atoms with Crippen molar-refractivity contribution in [3.63, 3.8) is 0 Å². The first-order chi connectivity index (χ1) is 11.7. The fourth-order valence-electron chi connectivity index (χ4n) is 4.71. The Kier molecular flexibility index (Phi) is 5.23. The zero-order valence-corrected chi connectivity index (χ0v) is 15.1. The SMILES string of the molecule is O[C@@H]1C[C@H]2CN(Cc3ccc(SC4CCCCC4)o3)C[C@H]2C[C@@H]1O. The number of rotatable bonds is 4. The summed E-state index contributed by atoms with van der Waals surface area (Å²) in [6.45, 7) is 2.88. The summed E-state index contributed by atoms with van der Waals surface area (Å²) in [6, 6.07) is 4.25. The molecule has 0 radical (unpaired) electrons. The van der Waals surface area contributed by atoms with Gasteiger partial charge in [0, 0.05) is 18.3 Å². The molecule has 2 N–H and O–H groups in total. The molecule has 24 heavy (non-hydrogen) atoms. The third-order valence-electron chi connectivity index (χ3n) is 6.04. The highest BCUT2D eigenvalue weighted by Gasteiger charge is 2.41. The van der Waals surface area contributed by atoms with Crippen molar-refractivity contribution in [1.82, 2.24) is 4.90 Å². The maximum atomic E-state index is 9.87. The number of nitrogens with zero attached hydrogens (tertiary/aromatic N) is 1. The summed E-state index contributed by atoms with van der Waals surface area (Å²) in [6.07, 6.45) is 7.16. The molecule has 2 aliphatic carbocycles. The second-order valence-corrected chi connectivity index (χ2v) is 9.22. The minimum absolute atomic E-state index is 0.523. The number of hydrogen-bond donors (Lipinski definition) is 2. The van der Waals surface area contributed by atoms with E-state index in [1.807, 2.05) is 11.8 Å². The molecule has 3 fully saturated rings. The minimum atomic E-state index is -0.534. The Hall–Kier alpha value is -0.490. The van der Waals surface area contributed by atoms with Gasteiger partial charge in [-0.15, -0.1) is 0 Å². The van der Waals surface area contributed by atoms with Crippen molar-refractivity contribution in [2.75, 3.05) is 13.1 Å². The van der Waals surface area contributed by atoms with Crippen LogP contribution < -0.4 is 0 Å². The van der Waals surface area contributed by atoms with Crippen LogP contribution in [-0.4, -0.2) is 45.7 Å². The molecule has 0 spiro atoms. The number of aliphatic hydroxyl groups is 2. The van der Waals surface area contributed by atoms with Crippen molar-refractivity contribution >= 4 is 11.8 Å².